The van der Waals surface area contributed by atoms with Crippen molar-refractivity contribution in [3.05, 3.63) is 94.5 Å². The molecule has 12 heteroatoms. The van der Waals surface area contributed by atoms with Crippen molar-refractivity contribution >= 4 is 46.7 Å². The molecular formula is C25H21ClF3N7O. The van der Waals surface area contributed by atoms with Crippen molar-refractivity contribution in [3.8, 4) is 0 Å². The van der Waals surface area contributed by atoms with E-state index in [-0.39, 0.29) is 5.69 Å². The molecule has 4 aromatic rings. The summed E-state index contributed by atoms with van der Waals surface area (Å²) in [6.45, 7) is 5.55. The van der Waals surface area contributed by atoms with Gasteiger partial charge < -0.3 is 16.0 Å². The van der Waals surface area contributed by atoms with Crippen LogP contribution < -0.4 is 16.0 Å². The molecule has 0 saturated carbocycles. The predicted molar refractivity (Wildman–Crippen MR) is 137 cm³/mol. The maximum Gasteiger partial charge on any atom is 0.417 e. The number of hydrogen-bond donors (Lipinski definition) is 4. The molecule has 2 aromatic heterocycles. The molecule has 8 nitrogen and oxygen atoms in total. The lowest BCUT2D eigenvalue weighted by Crippen LogP contribution is -2.20. The number of anilines is 4. The van der Waals surface area contributed by atoms with E-state index >= 15 is 0 Å². The van der Waals surface area contributed by atoms with Gasteiger partial charge in [0, 0.05) is 30.1 Å². The predicted octanol–water partition coefficient (Wildman–Crippen LogP) is 6.80. The normalized spacial score (nSPS) is 11.2. The lowest BCUT2D eigenvalue weighted by atomic mass is 10.0. The number of halogens is 4. The van der Waals surface area contributed by atoms with Crippen LogP contribution in [0.5, 0.6) is 0 Å². The van der Waals surface area contributed by atoms with Crippen LogP contribution in [0, 0.1) is 6.92 Å². The molecule has 0 atom stereocenters. The summed E-state index contributed by atoms with van der Waals surface area (Å²) < 4.78 is 39.2. The average Bonchev–Trinajstić information content (AvgIpc) is 3.29. The van der Waals surface area contributed by atoms with Crippen LogP contribution >= 0.6 is 11.6 Å². The fraction of sp³-hybridized carbons (Fsp3) is 0.120. The molecule has 0 saturated heterocycles. The highest BCUT2D eigenvalue weighted by molar-refractivity contribution is 6.31. The molecule has 2 heterocycles. The number of aryl methyl sites for hydroxylation is 1. The fourth-order valence-corrected chi connectivity index (χ4v) is 3.67. The zero-order valence-electron chi connectivity index (χ0n) is 19.4. The number of benzene rings is 2. The average molecular weight is 528 g/mol. The number of carbonyl (C=O) groups is 1. The Morgan fingerprint density at radius 2 is 1.81 bits per heavy atom. The Morgan fingerprint density at radius 1 is 1.08 bits per heavy atom. The maximum absolute atomic E-state index is 13.1. The standard InChI is InChI=1S/C25H21ClF3N7O/c1-3-16-13-23(36-35-16)34-21-8-9-30-22(33-21)11-15-4-5-17(10-14(15)2)31-24(37)32-18-6-7-20(26)19(12-18)25(27,28)29/h3-10,12-13H,1,11H2,2H3,(H2,31,32,37)(H2,30,33,34,35,36). The van der Waals surface area contributed by atoms with E-state index < -0.39 is 22.8 Å². The van der Waals surface area contributed by atoms with Crippen LogP contribution in [-0.2, 0) is 12.6 Å². The van der Waals surface area contributed by atoms with Crippen molar-refractivity contribution in [2.24, 2.45) is 0 Å². The molecule has 0 unspecified atom stereocenters. The second-order valence-electron chi connectivity index (χ2n) is 7.99. The second kappa shape index (κ2) is 10.7. The number of carbonyl (C=O) groups excluding carboxylic acids is 1. The van der Waals surface area contributed by atoms with Gasteiger partial charge in [0.25, 0.3) is 0 Å². The number of alkyl halides is 3. The van der Waals surface area contributed by atoms with E-state index in [1.54, 1.807) is 36.5 Å². The first-order valence-electron chi connectivity index (χ1n) is 10.9. The van der Waals surface area contributed by atoms with Crippen LogP contribution in [-0.4, -0.2) is 26.2 Å². The van der Waals surface area contributed by atoms with Gasteiger partial charge in [0.15, 0.2) is 5.82 Å². The summed E-state index contributed by atoms with van der Waals surface area (Å²) >= 11 is 5.62. The minimum atomic E-state index is -4.63. The number of H-pyrrole nitrogens is 1. The summed E-state index contributed by atoms with van der Waals surface area (Å²) in [5, 5.41) is 14.6. The molecule has 190 valence electrons. The van der Waals surface area contributed by atoms with E-state index in [9.17, 15) is 18.0 Å². The smallest absolute Gasteiger partial charge is 0.323 e. The van der Waals surface area contributed by atoms with Crippen LogP contribution in [0.1, 0.15) is 28.2 Å². The van der Waals surface area contributed by atoms with E-state index in [2.05, 4.69) is 42.7 Å². The summed E-state index contributed by atoms with van der Waals surface area (Å²) in [6, 6.07) is 11.2. The Labute approximate surface area is 215 Å². The number of aromatic nitrogens is 4. The van der Waals surface area contributed by atoms with Crippen LogP contribution in [0.3, 0.4) is 0 Å². The van der Waals surface area contributed by atoms with E-state index in [1.165, 1.54) is 6.07 Å². The van der Waals surface area contributed by atoms with Crippen molar-refractivity contribution in [2.75, 3.05) is 16.0 Å². The van der Waals surface area contributed by atoms with Crippen LogP contribution in [0.2, 0.25) is 5.02 Å². The second-order valence-corrected chi connectivity index (χ2v) is 8.39. The van der Waals surface area contributed by atoms with E-state index in [4.69, 9.17) is 11.6 Å². The van der Waals surface area contributed by atoms with Gasteiger partial charge in [0.1, 0.15) is 11.6 Å². The lowest BCUT2D eigenvalue weighted by Gasteiger charge is -2.13. The van der Waals surface area contributed by atoms with Gasteiger partial charge in [-0.1, -0.05) is 24.2 Å². The van der Waals surface area contributed by atoms with Crippen molar-refractivity contribution in [1.82, 2.24) is 20.2 Å². The van der Waals surface area contributed by atoms with Gasteiger partial charge in [0.2, 0.25) is 0 Å². The fourth-order valence-electron chi connectivity index (χ4n) is 3.45. The molecular weight excluding hydrogens is 507 g/mol. The van der Waals surface area contributed by atoms with E-state index in [1.807, 2.05) is 13.0 Å². The molecule has 2 aromatic carbocycles. The Hall–Kier alpha value is -4.38. The number of aromatic amines is 1. The van der Waals surface area contributed by atoms with Gasteiger partial charge in [-0.2, -0.15) is 18.3 Å². The highest BCUT2D eigenvalue weighted by Gasteiger charge is 2.33. The maximum atomic E-state index is 13.1. The molecule has 0 fully saturated rings. The summed E-state index contributed by atoms with van der Waals surface area (Å²) in [7, 11) is 0. The molecule has 0 radical (unpaired) electrons. The number of rotatable bonds is 7. The van der Waals surface area contributed by atoms with E-state index in [0.717, 1.165) is 29.0 Å². The lowest BCUT2D eigenvalue weighted by molar-refractivity contribution is -0.137. The number of hydrogen-bond acceptors (Lipinski definition) is 5. The Morgan fingerprint density at radius 3 is 2.49 bits per heavy atom. The van der Waals surface area contributed by atoms with Crippen molar-refractivity contribution in [2.45, 2.75) is 19.5 Å². The minimum absolute atomic E-state index is 0.0382. The quantitative estimate of drug-likeness (QED) is 0.211. The van der Waals surface area contributed by atoms with Gasteiger partial charge >= 0.3 is 12.2 Å². The highest BCUT2D eigenvalue weighted by Crippen LogP contribution is 2.36. The van der Waals surface area contributed by atoms with Gasteiger partial charge in [-0.25, -0.2) is 14.8 Å². The third-order valence-corrected chi connectivity index (χ3v) is 5.59. The molecule has 4 rings (SSSR count). The molecule has 37 heavy (non-hydrogen) atoms. The zero-order valence-corrected chi connectivity index (χ0v) is 20.2. The summed E-state index contributed by atoms with van der Waals surface area (Å²) in [5.41, 5.74) is 1.98. The zero-order chi connectivity index (χ0) is 26.6. The monoisotopic (exact) mass is 527 g/mol. The van der Waals surface area contributed by atoms with Crippen LogP contribution in [0.25, 0.3) is 6.08 Å². The molecule has 0 aliphatic heterocycles. The largest absolute Gasteiger partial charge is 0.417 e. The summed E-state index contributed by atoms with van der Waals surface area (Å²) in [4.78, 5) is 21.2. The number of nitrogens with one attached hydrogen (secondary N) is 4. The van der Waals surface area contributed by atoms with Crippen LogP contribution in [0.15, 0.2) is 61.3 Å². The minimum Gasteiger partial charge on any atom is -0.323 e. The summed E-state index contributed by atoms with van der Waals surface area (Å²) in [5.74, 6) is 1.75. The van der Waals surface area contributed by atoms with Crippen molar-refractivity contribution in [1.29, 1.82) is 0 Å². The summed E-state index contributed by atoms with van der Waals surface area (Å²) in [6.07, 6.45) is -0.902. The van der Waals surface area contributed by atoms with Gasteiger partial charge in [-0.05, 0) is 60.5 Å². The Bertz CT molecular complexity index is 1450. The molecule has 2 amide bonds. The molecule has 0 aliphatic rings. The first-order valence-corrected chi connectivity index (χ1v) is 11.3. The number of nitrogens with zero attached hydrogens (tertiary/aromatic N) is 3. The van der Waals surface area contributed by atoms with Gasteiger partial charge in [0.05, 0.1) is 16.3 Å². The number of urea groups is 1. The van der Waals surface area contributed by atoms with Crippen LogP contribution in [0.4, 0.5) is 41.0 Å². The van der Waals surface area contributed by atoms with Gasteiger partial charge in [-0.15, -0.1) is 0 Å². The first-order chi connectivity index (χ1) is 17.6. The topological polar surface area (TPSA) is 108 Å². The van der Waals surface area contributed by atoms with E-state index in [0.29, 0.717) is 29.6 Å². The van der Waals surface area contributed by atoms with Crippen molar-refractivity contribution in [3.63, 3.8) is 0 Å². The van der Waals surface area contributed by atoms with Gasteiger partial charge in [-0.3, -0.25) is 5.10 Å². The highest BCUT2D eigenvalue weighted by atomic mass is 35.5. The third-order valence-electron chi connectivity index (χ3n) is 5.26. The third kappa shape index (κ3) is 6.64. The Balaban J connectivity index is 1.40. The number of amides is 2. The molecule has 0 spiro atoms. The van der Waals surface area contributed by atoms with Crippen molar-refractivity contribution < 1.29 is 18.0 Å². The Kier molecular flexibility index (Phi) is 7.44. The SMILES string of the molecule is C=Cc1cc(Nc2ccnc(Cc3ccc(NC(=O)Nc4ccc(Cl)c(C(F)(F)F)c4)cc3C)n2)n[nH]1. The molecule has 0 aliphatic carbocycles. The molecule has 0 bridgehead atoms. The first kappa shape index (κ1) is 25.7. The molecule has 4 N–H and O–H groups in total.